The molecule has 1 aromatic carbocycles. The molecule has 0 fully saturated rings. The summed E-state index contributed by atoms with van der Waals surface area (Å²) in [6.07, 6.45) is -1.47. The van der Waals surface area contributed by atoms with E-state index >= 15 is 4.39 Å². The van der Waals surface area contributed by atoms with E-state index in [0.29, 0.717) is 33.6 Å². The molecule has 0 saturated carbocycles. The van der Waals surface area contributed by atoms with Gasteiger partial charge in [0, 0.05) is 47.3 Å². The Morgan fingerprint density at radius 3 is 2.67 bits per heavy atom. The standard InChI is InChI=1S/C25H25F4N5OS/c1-14-19(11-31)36-20-13-34(21(35)8-5-9-33(2)3)12-17(22(14)20)15-6-4-7-18(26)23(15)16(10-30)24(32)25(27,28)29/h4-8,10,17,30H,9,12-13,32H2,1-3H3/b8-5+,24-16?,30-10?/t17-/m0/s1. The summed E-state index contributed by atoms with van der Waals surface area (Å²) >= 11 is 1.20. The monoisotopic (exact) mass is 519 g/mol. The van der Waals surface area contributed by atoms with Crippen molar-refractivity contribution in [2.24, 2.45) is 5.73 Å². The number of alkyl halides is 3. The zero-order valence-electron chi connectivity index (χ0n) is 19.9. The smallest absolute Gasteiger partial charge is 0.394 e. The highest BCUT2D eigenvalue weighted by Crippen LogP contribution is 2.44. The van der Waals surface area contributed by atoms with E-state index in [4.69, 9.17) is 11.1 Å². The van der Waals surface area contributed by atoms with E-state index in [9.17, 15) is 23.2 Å². The summed E-state index contributed by atoms with van der Waals surface area (Å²) < 4.78 is 55.5. The molecule has 2 aromatic rings. The Bertz CT molecular complexity index is 1290. The number of hydrogen-bond acceptors (Lipinski definition) is 6. The molecule has 3 N–H and O–H groups in total. The van der Waals surface area contributed by atoms with Crippen molar-refractivity contribution in [3.05, 3.63) is 73.9 Å². The summed E-state index contributed by atoms with van der Waals surface area (Å²) in [5, 5.41) is 17.2. The number of thiophene rings is 1. The van der Waals surface area contributed by atoms with Crippen LogP contribution in [0.1, 0.15) is 37.9 Å². The van der Waals surface area contributed by atoms with Gasteiger partial charge in [-0.25, -0.2) is 4.39 Å². The van der Waals surface area contributed by atoms with Crippen molar-refractivity contribution in [2.75, 3.05) is 27.2 Å². The summed E-state index contributed by atoms with van der Waals surface area (Å²) in [5.41, 5.74) is 3.98. The number of nitrogens with two attached hydrogens (primary N) is 1. The molecule has 190 valence electrons. The van der Waals surface area contributed by atoms with Gasteiger partial charge in [-0.05, 0) is 43.8 Å². The fourth-order valence-electron chi connectivity index (χ4n) is 4.26. The molecule has 1 aliphatic rings. The Kier molecular flexibility index (Phi) is 8.01. The minimum atomic E-state index is -4.98. The Morgan fingerprint density at radius 2 is 2.08 bits per heavy atom. The molecular formula is C25H25F4N5OS. The molecule has 0 aliphatic carbocycles. The van der Waals surface area contributed by atoms with Gasteiger partial charge in [-0.15, -0.1) is 11.3 Å². The van der Waals surface area contributed by atoms with Gasteiger partial charge in [-0.1, -0.05) is 18.2 Å². The maximum absolute atomic E-state index is 15.1. The number of nitriles is 1. The van der Waals surface area contributed by atoms with Crippen LogP contribution in [0.3, 0.4) is 0 Å². The number of carbonyl (C=O) groups excluding carboxylic acids is 1. The van der Waals surface area contributed by atoms with Crippen molar-refractivity contribution in [1.29, 1.82) is 10.7 Å². The lowest BCUT2D eigenvalue weighted by Crippen LogP contribution is -2.37. The van der Waals surface area contributed by atoms with Crippen LogP contribution in [-0.4, -0.2) is 55.3 Å². The molecule has 1 atom stereocenters. The van der Waals surface area contributed by atoms with Crippen molar-refractivity contribution in [3.8, 4) is 6.07 Å². The summed E-state index contributed by atoms with van der Waals surface area (Å²) in [4.78, 5) is 17.5. The summed E-state index contributed by atoms with van der Waals surface area (Å²) in [6, 6.07) is 5.96. The maximum Gasteiger partial charge on any atom is 0.431 e. The molecule has 1 aliphatic heterocycles. The van der Waals surface area contributed by atoms with Gasteiger partial charge in [0.2, 0.25) is 5.91 Å². The number of benzene rings is 1. The Balaban J connectivity index is 2.22. The van der Waals surface area contributed by atoms with Gasteiger partial charge < -0.3 is 20.9 Å². The van der Waals surface area contributed by atoms with Gasteiger partial charge in [-0.2, -0.15) is 18.4 Å². The van der Waals surface area contributed by atoms with Crippen molar-refractivity contribution in [2.45, 2.75) is 25.6 Å². The first-order valence-electron chi connectivity index (χ1n) is 10.9. The second-order valence-corrected chi connectivity index (χ2v) is 9.72. The van der Waals surface area contributed by atoms with Crippen molar-refractivity contribution in [1.82, 2.24) is 9.80 Å². The van der Waals surface area contributed by atoms with Gasteiger partial charge in [0.05, 0.1) is 6.54 Å². The number of halogens is 4. The zero-order chi connectivity index (χ0) is 26.8. The topological polar surface area (TPSA) is 97.2 Å². The first-order valence-corrected chi connectivity index (χ1v) is 11.7. The number of carbonyl (C=O) groups is 1. The lowest BCUT2D eigenvalue weighted by molar-refractivity contribution is -0.127. The molecule has 11 heteroatoms. The molecule has 1 aromatic heterocycles. The number of amides is 1. The van der Waals surface area contributed by atoms with Gasteiger partial charge >= 0.3 is 6.18 Å². The van der Waals surface area contributed by atoms with Crippen molar-refractivity contribution < 1.29 is 22.4 Å². The molecular weight excluding hydrogens is 494 g/mol. The molecule has 6 nitrogen and oxygen atoms in total. The van der Waals surface area contributed by atoms with Crippen LogP contribution in [0.2, 0.25) is 0 Å². The van der Waals surface area contributed by atoms with Gasteiger partial charge in [-0.3, -0.25) is 4.79 Å². The molecule has 0 radical (unpaired) electrons. The average molecular weight is 520 g/mol. The molecule has 36 heavy (non-hydrogen) atoms. The highest BCUT2D eigenvalue weighted by molar-refractivity contribution is 7.12. The van der Waals surface area contributed by atoms with Crippen LogP contribution in [0.15, 0.2) is 36.0 Å². The third-order valence-corrected chi connectivity index (χ3v) is 7.13. The third-order valence-electron chi connectivity index (χ3n) is 5.93. The summed E-state index contributed by atoms with van der Waals surface area (Å²) in [5.74, 6) is -2.02. The predicted octanol–water partition coefficient (Wildman–Crippen LogP) is 4.54. The number of hydrogen-bond donors (Lipinski definition) is 2. The van der Waals surface area contributed by atoms with Crippen LogP contribution in [0.5, 0.6) is 0 Å². The summed E-state index contributed by atoms with van der Waals surface area (Å²) in [6.45, 7) is 2.52. The highest BCUT2D eigenvalue weighted by atomic mass is 32.1. The van der Waals surface area contributed by atoms with E-state index in [2.05, 4.69) is 6.07 Å². The second kappa shape index (κ2) is 10.6. The third kappa shape index (κ3) is 5.34. The number of fused-ring (bicyclic) bond motifs is 1. The molecule has 2 heterocycles. The SMILES string of the molecule is Cc1c(C#N)sc2c1[C@H](c1cccc(F)c1C(C=N)=C(N)C(F)(F)F)CN(C(=O)/C=C/CN(C)C)C2. The van der Waals surface area contributed by atoms with Crippen molar-refractivity contribution >= 4 is 29.0 Å². The van der Waals surface area contributed by atoms with Gasteiger partial charge in [0.1, 0.15) is 22.5 Å². The predicted molar refractivity (Wildman–Crippen MR) is 131 cm³/mol. The van der Waals surface area contributed by atoms with Crippen LogP contribution >= 0.6 is 11.3 Å². The fraction of sp³-hybridized carbons (Fsp3) is 0.320. The number of nitrogens with zero attached hydrogens (tertiary/aromatic N) is 3. The van der Waals surface area contributed by atoms with Crippen LogP contribution in [-0.2, 0) is 11.3 Å². The average Bonchev–Trinajstić information content (AvgIpc) is 3.14. The van der Waals surface area contributed by atoms with Crippen LogP contribution < -0.4 is 5.73 Å². The lowest BCUT2D eigenvalue weighted by Gasteiger charge is -2.34. The molecule has 0 bridgehead atoms. The first kappa shape index (κ1) is 27.1. The number of rotatable bonds is 6. The Hall–Kier alpha value is -3.49. The molecule has 0 unspecified atom stereocenters. The summed E-state index contributed by atoms with van der Waals surface area (Å²) in [7, 11) is 3.70. The van der Waals surface area contributed by atoms with Crippen LogP contribution in [0.25, 0.3) is 5.57 Å². The van der Waals surface area contributed by atoms with Crippen molar-refractivity contribution in [3.63, 3.8) is 0 Å². The van der Waals surface area contributed by atoms with E-state index in [1.807, 2.05) is 19.0 Å². The lowest BCUT2D eigenvalue weighted by atomic mass is 9.81. The molecule has 1 amide bonds. The fourth-order valence-corrected chi connectivity index (χ4v) is 5.44. The molecule has 3 rings (SSSR count). The van der Waals surface area contributed by atoms with Gasteiger partial charge in [0.25, 0.3) is 0 Å². The van der Waals surface area contributed by atoms with Crippen LogP contribution in [0.4, 0.5) is 17.6 Å². The minimum absolute atomic E-state index is 0.0498. The zero-order valence-corrected chi connectivity index (χ0v) is 20.7. The minimum Gasteiger partial charge on any atom is -0.394 e. The van der Waals surface area contributed by atoms with E-state index in [0.717, 1.165) is 6.07 Å². The Morgan fingerprint density at radius 1 is 1.39 bits per heavy atom. The normalized spacial score (nSPS) is 16.6. The molecule has 0 spiro atoms. The van der Waals surface area contributed by atoms with Gasteiger partial charge in [0.15, 0.2) is 0 Å². The largest absolute Gasteiger partial charge is 0.431 e. The van der Waals surface area contributed by atoms with E-state index in [-0.39, 0.29) is 24.6 Å². The maximum atomic E-state index is 15.1. The quantitative estimate of drug-likeness (QED) is 0.333. The second-order valence-electron chi connectivity index (χ2n) is 8.61. The first-order chi connectivity index (χ1) is 16.9. The Labute approximate surface area is 210 Å². The molecule has 0 saturated heterocycles. The number of allylic oxidation sites excluding steroid dienone is 2. The number of nitrogens with one attached hydrogen (secondary N) is 1. The highest BCUT2D eigenvalue weighted by Gasteiger charge is 2.38. The number of likely N-dealkylation sites (N-methyl/N-ethyl adjacent to an activating group) is 1. The van der Waals surface area contributed by atoms with E-state index < -0.39 is 34.7 Å². The van der Waals surface area contributed by atoms with E-state index in [1.165, 1.54) is 34.4 Å². The van der Waals surface area contributed by atoms with Crippen LogP contribution in [0, 0.1) is 29.5 Å². The van der Waals surface area contributed by atoms with E-state index in [1.54, 1.807) is 13.0 Å².